The van der Waals surface area contributed by atoms with E-state index in [9.17, 15) is 0 Å². The molecule has 0 aliphatic rings. The van der Waals surface area contributed by atoms with Crippen molar-refractivity contribution in [1.82, 2.24) is 0 Å². The molecule has 0 atom stereocenters. The fraction of sp³-hybridized carbons (Fsp3) is 0.333. The van der Waals surface area contributed by atoms with Crippen LogP contribution in [0.5, 0.6) is 5.75 Å². The lowest BCUT2D eigenvalue weighted by Gasteiger charge is -2.06. The van der Waals surface area contributed by atoms with Crippen LogP contribution in [-0.4, -0.2) is 16.6 Å². The Balaban J connectivity index is 2.83. The van der Waals surface area contributed by atoms with E-state index in [4.69, 9.17) is 3.79 Å². The Kier molecular flexibility index (Phi) is 2.99. The third kappa shape index (κ3) is 2.25. The van der Waals surface area contributed by atoms with E-state index in [0.29, 0.717) is 5.92 Å². The first-order valence-corrected chi connectivity index (χ1v) is 4.69. The molecule has 0 bridgehead atoms. The van der Waals surface area contributed by atoms with Crippen LogP contribution in [0.3, 0.4) is 0 Å². The summed E-state index contributed by atoms with van der Waals surface area (Å²) in [6.45, 7) is 4.38. The fourth-order valence-electron chi connectivity index (χ4n) is 0.989. The topological polar surface area (TPSA) is 9.23 Å². The van der Waals surface area contributed by atoms with Gasteiger partial charge in [-0.2, -0.15) is 0 Å². The van der Waals surface area contributed by atoms with Gasteiger partial charge < -0.3 is 3.79 Å². The van der Waals surface area contributed by atoms with E-state index in [-0.39, 0.29) is 0 Å². The molecule has 0 aliphatic heterocycles. The summed E-state index contributed by atoms with van der Waals surface area (Å²) in [5.41, 5.74) is 1.37. The minimum Gasteiger partial charge on any atom is -0.647 e. The van der Waals surface area contributed by atoms with Crippen LogP contribution in [0, 0.1) is 0 Å². The molecule has 58 valence electrons. The SMILES string of the molecule is CC(C)c1ccc([O][AlH2])cc1. The minimum atomic E-state index is 0.609. The van der Waals surface area contributed by atoms with Gasteiger partial charge in [-0.3, -0.25) is 0 Å². The maximum atomic E-state index is 5.19. The van der Waals surface area contributed by atoms with E-state index in [2.05, 4.69) is 26.0 Å². The summed E-state index contributed by atoms with van der Waals surface area (Å²) in [4.78, 5) is 0. The van der Waals surface area contributed by atoms with Gasteiger partial charge in [-0.05, 0) is 23.6 Å². The van der Waals surface area contributed by atoms with E-state index in [0.717, 1.165) is 22.4 Å². The molecule has 0 saturated carbocycles. The normalized spacial score (nSPS) is 10.1. The third-order valence-corrected chi connectivity index (χ3v) is 2.25. The van der Waals surface area contributed by atoms with Gasteiger partial charge in [0, 0.05) is 0 Å². The van der Waals surface area contributed by atoms with Crippen molar-refractivity contribution in [3.63, 3.8) is 0 Å². The van der Waals surface area contributed by atoms with Gasteiger partial charge in [-0.25, -0.2) is 0 Å². The van der Waals surface area contributed by atoms with E-state index in [1.807, 2.05) is 12.1 Å². The van der Waals surface area contributed by atoms with E-state index in [1.54, 1.807) is 0 Å². The maximum Gasteiger partial charge on any atom is 0.496 e. The maximum absolute atomic E-state index is 5.19. The monoisotopic (exact) mass is 164 g/mol. The van der Waals surface area contributed by atoms with E-state index >= 15 is 0 Å². The van der Waals surface area contributed by atoms with Crippen LogP contribution in [0.25, 0.3) is 0 Å². The molecule has 1 aromatic rings. The molecule has 0 fully saturated rings. The summed E-state index contributed by atoms with van der Waals surface area (Å²) in [5.74, 6) is 1.60. The largest absolute Gasteiger partial charge is 0.647 e. The molecule has 0 radical (unpaired) electrons. The molecule has 0 amide bonds. The van der Waals surface area contributed by atoms with E-state index in [1.165, 1.54) is 5.56 Å². The second kappa shape index (κ2) is 3.80. The third-order valence-electron chi connectivity index (χ3n) is 1.78. The summed E-state index contributed by atoms with van der Waals surface area (Å²) in [6.07, 6.45) is 0. The molecule has 1 aromatic carbocycles. The highest BCUT2D eigenvalue weighted by Gasteiger charge is 1.96. The van der Waals surface area contributed by atoms with Gasteiger partial charge in [0.1, 0.15) is 0 Å². The zero-order valence-electron chi connectivity index (χ0n) is 7.29. The quantitative estimate of drug-likeness (QED) is 0.605. The number of hydrogen-bond acceptors (Lipinski definition) is 1. The van der Waals surface area contributed by atoms with Crippen LogP contribution < -0.4 is 3.79 Å². The lowest BCUT2D eigenvalue weighted by atomic mass is 10.0. The molecule has 0 N–H and O–H groups in total. The Labute approximate surface area is 76.1 Å². The average Bonchev–Trinajstić information content (AvgIpc) is 2.05. The van der Waals surface area contributed by atoms with Gasteiger partial charge in [-0.1, -0.05) is 26.0 Å². The zero-order valence-corrected chi connectivity index (χ0v) is 9.29. The molecular weight excluding hydrogens is 151 g/mol. The lowest BCUT2D eigenvalue weighted by Crippen LogP contribution is -1.88. The summed E-state index contributed by atoms with van der Waals surface area (Å²) in [6, 6.07) is 8.31. The van der Waals surface area contributed by atoms with Gasteiger partial charge in [-0.15, -0.1) is 0 Å². The first-order valence-electron chi connectivity index (χ1n) is 3.88. The highest BCUT2D eigenvalue weighted by Crippen LogP contribution is 2.17. The first-order chi connectivity index (χ1) is 5.24. The van der Waals surface area contributed by atoms with Crippen molar-refractivity contribution in [2.75, 3.05) is 0 Å². The standard InChI is InChI=1S/C9H12O.Al.2H/c1-7(2)8-3-5-9(10)6-4-8;;;/h3-7,10H,1-2H3;;;/q;+1;;/p-1. The number of rotatable bonds is 2. The second-order valence-electron chi connectivity index (χ2n) is 2.93. The van der Waals surface area contributed by atoms with Crippen LogP contribution in [0.15, 0.2) is 24.3 Å². The summed E-state index contributed by atoms with van der Waals surface area (Å²) < 4.78 is 5.19. The Hall–Kier alpha value is -0.448. The number of benzene rings is 1. The molecule has 0 aliphatic carbocycles. The molecule has 0 saturated heterocycles. The van der Waals surface area contributed by atoms with Crippen molar-refractivity contribution >= 4 is 16.6 Å². The lowest BCUT2D eigenvalue weighted by molar-refractivity contribution is 0.615. The molecule has 2 heteroatoms. The van der Waals surface area contributed by atoms with Gasteiger partial charge in [0.2, 0.25) is 0 Å². The zero-order chi connectivity index (χ0) is 8.27. The molecular formula is C9H13AlO. The summed E-state index contributed by atoms with van der Waals surface area (Å²) >= 11 is 0.771. The van der Waals surface area contributed by atoms with Gasteiger partial charge >= 0.3 is 16.6 Å². The van der Waals surface area contributed by atoms with Gasteiger partial charge in [0.15, 0.2) is 0 Å². The summed E-state index contributed by atoms with van der Waals surface area (Å²) in [7, 11) is 0. The Morgan fingerprint density at radius 2 is 1.73 bits per heavy atom. The Morgan fingerprint density at radius 1 is 1.18 bits per heavy atom. The van der Waals surface area contributed by atoms with Crippen molar-refractivity contribution < 1.29 is 3.79 Å². The van der Waals surface area contributed by atoms with Crippen molar-refractivity contribution in [2.45, 2.75) is 19.8 Å². The molecule has 0 aromatic heterocycles. The van der Waals surface area contributed by atoms with Crippen LogP contribution >= 0.6 is 0 Å². The van der Waals surface area contributed by atoms with Crippen LogP contribution in [0.2, 0.25) is 0 Å². The fourth-order valence-corrected chi connectivity index (χ4v) is 1.26. The highest BCUT2D eigenvalue weighted by atomic mass is 27.1. The second-order valence-corrected chi connectivity index (χ2v) is 3.34. The minimum absolute atomic E-state index is 0.609. The highest BCUT2D eigenvalue weighted by molar-refractivity contribution is 5.99. The summed E-state index contributed by atoms with van der Waals surface area (Å²) in [5, 5.41) is 0. The van der Waals surface area contributed by atoms with Gasteiger partial charge in [0.25, 0.3) is 0 Å². The van der Waals surface area contributed by atoms with E-state index < -0.39 is 0 Å². The Morgan fingerprint density at radius 3 is 2.09 bits per heavy atom. The predicted molar refractivity (Wildman–Crippen MR) is 49.7 cm³/mol. The van der Waals surface area contributed by atoms with Crippen LogP contribution in [-0.2, 0) is 0 Å². The van der Waals surface area contributed by atoms with Crippen LogP contribution in [0.4, 0.5) is 0 Å². The van der Waals surface area contributed by atoms with Crippen molar-refractivity contribution in [2.24, 2.45) is 0 Å². The van der Waals surface area contributed by atoms with Gasteiger partial charge in [0.05, 0.1) is 5.75 Å². The molecule has 0 spiro atoms. The van der Waals surface area contributed by atoms with Crippen molar-refractivity contribution in [3.8, 4) is 5.75 Å². The van der Waals surface area contributed by atoms with Crippen molar-refractivity contribution in [3.05, 3.63) is 29.8 Å². The first kappa shape index (κ1) is 8.65. The molecule has 0 heterocycles. The molecule has 0 unspecified atom stereocenters. The average molecular weight is 164 g/mol. The number of hydrogen-bond donors (Lipinski definition) is 0. The predicted octanol–water partition coefficient (Wildman–Crippen LogP) is 1.74. The molecule has 11 heavy (non-hydrogen) atoms. The smallest absolute Gasteiger partial charge is 0.496 e. The van der Waals surface area contributed by atoms with Crippen LogP contribution in [0.1, 0.15) is 25.3 Å². The van der Waals surface area contributed by atoms with Crippen molar-refractivity contribution in [1.29, 1.82) is 0 Å². The molecule has 1 rings (SSSR count). The molecule has 1 nitrogen and oxygen atoms in total. The Bertz CT molecular complexity index is 216.